The molecule has 2 atom stereocenters. The van der Waals surface area contributed by atoms with Crippen LogP contribution in [0, 0.1) is 0 Å². The Morgan fingerprint density at radius 2 is 2.25 bits per heavy atom. The van der Waals surface area contributed by atoms with E-state index in [0.717, 1.165) is 4.68 Å². The van der Waals surface area contributed by atoms with Gasteiger partial charge in [0.15, 0.2) is 0 Å². The maximum Gasteiger partial charge on any atom is 0.258 e. The second kappa shape index (κ2) is 9.60. The molecular formula is C22H23F3N8O3. The van der Waals surface area contributed by atoms with Gasteiger partial charge in [-0.1, -0.05) is 11.3 Å². The first-order valence-corrected chi connectivity index (χ1v) is 11.1. The lowest BCUT2D eigenvalue weighted by Gasteiger charge is -2.32. The molecule has 4 aromatic rings. The molecule has 1 aromatic carbocycles. The van der Waals surface area contributed by atoms with Crippen LogP contribution in [0.5, 0.6) is 5.88 Å². The first-order chi connectivity index (χ1) is 17.8. The highest BCUT2D eigenvalue weighted by Crippen LogP contribution is 2.31. The second-order valence-corrected chi connectivity index (χ2v) is 8.29. The minimum atomic E-state index is -2.60. The molecule has 1 fully saturated rings. The summed E-state index contributed by atoms with van der Waals surface area (Å²) in [6.07, 6.45) is -3.80. The Kier molecular flexibility index (Phi) is 6.01. The summed E-state index contributed by atoms with van der Waals surface area (Å²) in [5.41, 5.74) is 2.44. The van der Waals surface area contributed by atoms with Crippen molar-refractivity contribution in [2.75, 3.05) is 26.8 Å². The quantitative estimate of drug-likeness (QED) is 0.405. The maximum atomic E-state index is 14.7. The third-order valence-corrected chi connectivity index (χ3v) is 6.05. The van der Waals surface area contributed by atoms with Crippen LogP contribution in [0.1, 0.15) is 7.79 Å². The number of H-pyrrole nitrogens is 1. The molecule has 1 aliphatic heterocycles. The van der Waals surface area contributed by atoms with Gasteiger partial charge in [0.2, 0.25) is 17.4 Å². The van der Waals surface area contributed by atoms with Gasteiger partial charge in [0.05, 0.1) is 26.6 Å². The second-order valence-electron chi connectivity index (χ2n) is 8.29. The van der Waals surface area contributed by atoms with Crippen LogP contribution in [0.25, 0.3) is 27.7 Å². The average Bonchev–Trinajstić information content (AvgIpc) is 3.44. The minimum absolute atomic E-state index is 0.0293. The molecule has 1 saturated heterocycles. The number of aliphatic hydroxyl groups excluding tert-OH is 1. The van der Waals surface area contributed by atoms with Gasteiger partial charge in [-0.3, -0.25) is 14.4 Å². The Hall–Kier alpha value is -3.94. The number of likely N-dealkylation sites (tertiary alicyclic amines) is 1. The van der Waals surface area contributed by atoms with Gasteiger partial charge < -0.3 is 14.7 Å². The summed E-state index contributed by atoms with van der Waals surface area (Å²) in [5.74, 6) is -0.424. The van der Waals surface area contributed by atoms with Crippen LogP contribution in [0.2, 0.25) is 0 Å². The van der Waals surface area contributed by atoms with Crippen molar-refractivity contribution in [2.45, 2.75) is 31.6 Å². The first kappa shape index (κ1) is 22.5. The van der Waals surface area contributed by atoms with E-state index in [1.165, 1.54) is 16.5 Å². The van der Waals surface area contributed by atoms with Crippen LogP contribution in [0.15, 0.2) is 35.4 Å². The molecule has 5 rings (SSSR count). The van der Waals surface area contributed by atoms with Crippen LogP contribution in [0.4, 0.5) is 13.2 Å². The highest BCUT2D eigenvalue weighted by atomic mass is 19.3. The summed E-state index contributed by atoms with van der Waals surface area (Å²) in [5, 5.41) is 19.6. The fraction of sp³-hybridized carbons (Fsp3) is 0.409. The Labute approximate surface area is 203 Å². The highest BCUT2D eigenvalue weighted by molar-refractivity contribution is 5.89. The number of rotatable bonds is 6. The summed E-state index contributed by atoms with van der Waals surface area (Å²) in [7, 11) is 1.40. The number of aliphatic hydroxyl groups is 1. The minimum Gasteiger partial charge on any atom is -0.479 e. The SMILES string of the molecule is [2H]c1cc(-c2ccc3nnn(CC(F)F)c3c2)c2c(OC)nc(=N[C@H]3CCN(C(=O)CO)C[C@H]3F)[nH]n12. The fourth-order valence-electron chi connectivity index (χ4n) is 4.30. The zero-order valence-electron chi connectivity index (χ0n) is 20.1. The van der Waals surface area contributed by atoms with Crippen LogP contribution in [-0.4, -0.2) is 91.0 Å². The van der Waals surface area contributed by atoms with Crippen molar-refractivity contribution in [3.8, 4) is 17.0 Å². The molecule has 1 aliphatic rings. The number of aromatic amines is 1. The largest absolute Gasteiger partial charge is 0.479 e. The molecule has 0 radical (unpaired) electrons. The lowest BCUT2D eigenvalue weighted by Crippen LogP contribution is -2.48. The highest BCUT2D eigenvalue weighted by Gasteiger charge is 2.31. The monoisotopic (exact) mass is 505 g/mol. The zero-order valence-corrected chi connectivity index (χ0v) is 19.1. The molecule has 0 bridgehead atoms. The Bertz CT molecular complexity index is 1530. The average molecular weight is 505 g/mol. The number of carbonyl (C=O) groups excluding carboxylic acids is 1. The third kappa shape index (κ3) is 4.39. The van der Waals surface area contributed by atoms with E-state index in [4.69, 9.17) is 11.2 Å². The molecule has 3 aromatic heterocycles. The van der Waals surface area contributed by atoms with E-state index in [1.807, 2.05) is 0 Å². The number of nitrogens with zero attached hydrogens (tertiary/aromatic N) is 7. The van der Waals surface area contributed by atoms with Gasteiger partial charge in [-0.05, 0) is 30.2 Å². The number of alkyl halides is 3. The lowest BCUT2D eigenvalue weighted by molar-refractivity contribution is -0.136. The number of aromatic nitrogens is 6. The third-order valence-electron chi connectivity index (χ3n) is 6.05. The van der Waals surface area contributed by atoms with Crippen molar-refractivity contribution in [1.82, 2.24) is 34.5 Å². The molecule has 190 valence electrons. The maximum absolute atomic E-state index is 14.7. The molecule has 0 unspecified atom stereocenters. The summed E-state index contributed by atoms with van der Waals surface area (Å²) in [6.45, 7) is -1.24. The smallest absolute Gasteiger partial charge is 0.258 e. The predicted molar refractivity (Wildman–Crippen MR) is 121 cm³/mol. The van der Waals surface area contributed by atoms with Crippen LogP contribution in [-0.2, 0) is 11.3 Å². The number of carbonyl (C=O) groups is 1. The van der Waals surface area contributed by atoms with Crippen LogP contribution < -0.4 is 10.4 Å². The van der Waals surface area contributed by atoms with Crippen molar-refractivity contribution in [1.29, 1.82) is 0 Å². The van der Waals surface area contributed by atoms with Gasteiger partial charge in [-0.25, -0.2) is 22.8 Å². The molecule has 0 spiro atoms. The van der Waals surface area contributed by atoms with Crippen molar-refractivity contribution in [3.05, 3.63) is 36.1 Å². The number of piperidine rings is 1. The van der Waals surface area contributed by atoms with Crippen molar-refractivity contribution < 1.29 is 29.2 Å². The number of hydrogen-bond donors (Lipinski definition) is 2. The number of methoxy groups -OCH3 is 1. The standard InChI is InChI=1S/C22H23F3N8O3/c1-36-21-20-13(12-2-3-16-17(8-12)33(30-28-16)10-18(24)25)4-7-32(20)29-22(27-21)26-15-5-6-31(9-14(15)23)19(35)11-34/h2-4,7-8,14-15,18,34H,5-6,9-11H2,1H3,(H,26,29)/t14-,15+/m1/s1/i7D. The molecular weight excluding hydrogens is 481 g/mol. The fourth-order valence-corrected chi connectivity index (χ4v) is 4.30. The number of fused-ring (bicyclic) bond motifs is 2. The summed E-state index contributed by atoms with van der Waals surface area (Å²) < 4.78 is 57.1. The zero-order chi connectivity index (χ0) is 26.3. The van der Waals surface area contributed by atoms with Gasteiger partial charge in [0.25, 0.3) is 6.43 Å². The number of benzene rings is 1. The number of halogens is 3. The van der Waals surface area contributed by atoms with E-state index >= 15 is 0 Å². The Balaban J connectivity index is 1.55. The number of hydrogen-bond acceptors (Lipinski definition) is 7. The molecule has 14 heteroatoms. The topological polar surface area (TPSA) is 126 Å². The van der Waals surface area contributed by atoms with Crippen molar-refractivity contribution in [3.63, 3.8) is 0 Å². The molecule has 36 heavy (non-hydrogen) atoms. The molecule has 0 aliphatic carbocycles. The molecule has 4 heterocycles. The number of ether oxygens (including phenoxy) is 1. The van der Waals surface area contributed by atoms with E-state index < -0.39 is 37.7 Å². The number of nitrogens with one attached hydrogen (secondary N) is 1. The lowest BCUT2D eigenvalue weighted by atomic mass is 10.0. The van der Waals surface area contributed by atoms with E-state index in [9.17, 15) is 18.0 Å². The normalized spacial score (nSPS) is 19.4. The van der Waals surface area contributed by atoms with Gasteiger partial charge in [-0.15, -0.1) is 5.10 Å². The number of amides is 1. The molecule has 0 saturated carbocycles. The predicted octanol–water partition coefficient (Wildman–Crippen LogP) is 1.18. The first-order valence-electron chi connectivity index (χ1n) is 11.6. The van der Waals surface area contributed by atoms with E-state index in [1.54, 1.807) is 24.3 Å². The van der Waals surface area contributed by atoms with Gasteiger partial charge in [0, 0.05) is 18.3 Å². The van der Waals surface area contributed by atoms with Crippen LogP contribution in [0.3, 0.4) is 0 Å². The van der Waals surface area contributed by atoms with E-state index in [2.05, 4.69) is 25.4 Å². The van der Waals surface area contributed by atoms with Gasteiger partial charge >= 0.3 is 0 Å². The van der Waals surface area contributed by atoms with Crippen molar-refractivity contribution >= 4 is 22.5 Å². The molecule has 11 nitrogen and oxygen atoms in total. The van der Waals surface area contributed by atoms with Crippen LogP contribution >= 0.6 is 0 Å². The van der Waals surface area contributed by atoms with E-state index in [0.29, 0.717) is 27.7 Å². The molecule has 2 N–H and O–H groups in total. The summed E-state index contributed by atoms with van der Waals surface area (Å²) >= 11 is 0. The van der Waals surface area contributed by atoms with Crippen molar-refractivity contribution in [2.24, 2.45) is 4.99 Å². The Morgan fingerprint density at radius 1 is 1.42 bits per heavy atom. The summed E-state index contributed by atoms with van der Waals surface area (Å²) in [4.78, 5) is 21.6. The summed E-state index contributed by atoms with van der Waals surface area (Å²) in [6, 6.07) is 5.79. The van der Waals surface area contributed by atoms with E-state index in [-0.39, 0.29) is 37.2 Å². The Morgan fingerprint density at radius 3 is 2.97 bits per heavy atom. The molecule has 1 amide bonds. The van der Waals surface area contributed by atoms with Gasteiger partial charge in [-0.2, -0.15) is 4.98 Å². The van der Waals surface area contributed by atoms with Gasteiger partial charge in [0.1, 0.15) is 30.4 Å².